The molecule has 4 nitrogen and oxygen atoms in total. The predicted octanol–water partition coefficient (Wildman–Crippen LogP) is 3.79. The van der Waals surface area contributed by atoms with E-state index in [0.29, 0.717) is 0 Å². The second-order valence-electron chi connectivity index (χ2n) is 6.78. The summed E-state index contributed by atoms with van der Waals surface area (Å²) in [6.45, 7) is 12.9. The van der Waals surface area contributed by atoms with Crippen molar-refractivity contribution in [1.82, 2.24) is 15.5 Å². The Morgan fingerprint density at radius 1 is 1.20 bits per heavy atom. The molecule has 25 heavy (non-hydrogen) atoms. The Hall–Kier alpha value is -0.820. The minimum Gasteiger partial charge on any atom is -0.357 e. The third kappa shape index (κ3) is 8.40. The van der Waals surface area contributed by atoms with E-state index in [0.717, 1.165) is 31.5 Å². The maximum absolute atomic E-state index is 4.72. The Morgan fingerprint density at radius 2 is 1.96 bits per heavy atom. The number of aliphatic imine (C=N–C) groups is 1. The average molecular weight is 458 g/mol. The van der Waals surface area contributed by atoms with Gasteiger partial charge in [0.25, 0.3) is 0 Å². The average Bonchev–Trinajstić information content (AvgIpc) is 2.60. The molecule has 0 aromatic heterocycles. The van der Waals surface area contributed by atoms with Crippen molar-refractivity contribution >= 4 is 29.9 Å². The molecular weight excluding hydrogens is 423 g/mol. The minimum absolute atomic E-state index is 0. The summed E-state index contributed by atoms with van der Waals surface area (Å²) in [7, 11) is 0. The topological polar surface area (TPSA) is 39.7 Å². The van der Waals surface area contributed by atoms with Gasteiger partial charge >= 0.3 is 0 Å². The Morgan fingerprint density at radius 3 is 2.60 bits per heavy atom. The fourth-order valence-electron chi connectivity index (χ4n) is 3.31. The highest BCUT2D eigenvalue weighted by Crippen LogP contribution is 2.19. The first-order chi connectivity index (χ1) is 11.7. The molecule has 1 aromatic rings. The summed E-state index contributed by atoms with van der Waals surface area (Å²) in [6.07, 6.45) is 3.92. The van der Waals surface area contributed by atoms with Crippen molar-refractivity contribution in [3.8, 4) is 0 Å². The van der Waals surface area contributed by atoms with E-state index >= 15 is 0 Å². The highest BCUT2D eigenvalue weighted by molar-refractivity contribution is 14.0. The molecule has 142 valence electrons. The lowest BCUT2D eigenvalue weighted by Gasteiger charge is -2.31. The Kier molecular flexibility index (Phi) is 11.1. The highest BCUT2D eigenvalue weighted by Gasteiger charge is 2.17. The lowest BCUT2D eigenvalue weighted by molar-refractivity contribution is 0.187. The van der Waals surface area contributed by atoms with E-state index in [1.165, 1.54) is 50.0 Å². The molecule has 5 heteroatoms. The van der Waals surface area contributed by atoms with Crippen molar-refractivity contribution in [2.24, 2.45) is 10.9 Å². The molecule has 2 rings (SSSR count). The molecular formula is C20H35IN4. The quantitative estimate of drug-likeness (QED) is 0.371. The molecule has 0 saturated carbocycles. The molecule has 0 aliphatic carbocycles. The van der Waals surface area contributed by atoms with Gasteiger partial charge in [0.1, 0.15) is 0 Å². The maximum atomic E-state index is 4.72. The van der Waals surface area contributed by atoms with Gasteiger partial charge in [-0.1, -0.05) is 36.8 Å². The molecule has 0 amide bonds. The number of nitrogens with one attached hydrogen (secondary N) is 2. The van der Waals surface area contributed by atoms with Gasteiger partial charge in [-0.2, -0.15) is 0 Å². The van der Waals surface area contributed by atoms with Gasteiger partial charge < -0.3 is 15.5 Å². The molecule has 0 radical (unpaired) electrons. The van der Waals surface area contributed by atoms with Crippen LogP contribution in [0.25, 0.3) is 0 Å². The summed E-state index contributed by atoms with van der Waals surface area (Å²) in [6, 6.07) is 8.57. The summed E-state index contributed by atoms with van der Waals surface area (Å²) in [5.74, 6) is 1.80. The lowest BCUT2D eigenvalue weighted by atomic mass is 9.93. The van der Waals surface area contributed by atoms with Crippen LogP contribution >= 0.6 is 24.0 Å². The van der Waals surface area contributed by atoms with Crippen LogP contribution in [0.15, 0.2) is 29.3 Å². The van der Waals surface area contributed by atoms with E-state index in [1.807, 2.05) is 0 Å². The van der Waals surface area contributed by atoms with Crippen LogP contribution in [0.4, 0.5) is 0 Å². The van der Waals surface area contributed by atoms with E-state index in [9.17, 15) is 0 Å². The number of guanidine groups is 1. The third-order valence-corrected chi connectivity index (χ3v) is 4.85. The molecule has 1 saturated heterocycles. The van der Waals surface area contributed by atoms with Gasteiger partial charge in [0.2, 0.25) is 0 Å². The molecule has 0 atom stereocenters. The van der Waals surface area contributed by atoms with Gasteiger partial charge in [-0.3, -0.25) is 0 Å². The van der Waals surface area contributed by atoms with Crippen LogP contribution in [0.5, 0.6) is 0 Å². The van der Waals surface area contributed by atoms with Crippen molar-refractivity contribution in [1.29, 1.82) is 0 Å². The van der Waals surface area contributed by atoms with E-state index in [1.54, 1.807) is 0 Å². The van der Waals surface area contributed by atoms with Crippen LogP contribution in [0.3, 0.4) is 0 Å². The Balaban J connectivity index is 0.00000312. The van der Waals surface area contributed by atoms with Crippen molar-refractivity contribution in [2.75, 3.05) is 32.7 Å². The standard InChI is InChI=1S/C20H34N4.HI/c1-4-21-20(23-16-19-8-6-7-17(3)15-19)22-12-9-18-10-13-24(5-2)14-11-18;/h6-8,15,18H,4-5,9-14,16H2,1-3H3,(H2,21,22,23);1H. The Labute approximate surface area is 170 Å². The first-order valence-electron chi connectivity index (χ1n) is 9.51. The van der Waals surface area contributed by atoms with Crippen LogP contribution in [0, 0.1) is 12.8 Å². The van der Waals surface area contributed by atoms with Gasteiger partial charge in [0.05, 0.1) is 6.54 Å². The predicted molar refractivity (Wildman–Crippen MR) is 119 cm³/mol. The second-order valence-corrected chi connectivity index (χ2v) is 6.78. The van der Waals surface area contributed by atoms with E-state index in [-0.39, 0.29) is 24.0 Å². The van der Waals surface area contributed by atoms with Crippen LogP contribution in [0.2, 0.25) is 0 Å². The minimum atomic E-state index is 0. The number of hydrogen-bond acceptors (Lipinski definition) is 2. The number of hydrogen-bond donors (Lipinski definition) is 2. The zero-order chi connectivity index (χ0) is 17.2. The normalized spacial score (nSPS) is 16.4. The number of benzene rings is 1. The van der Waals surface area contributed by atoms with Gasteiger partial charge in [-0.05, 0) is 64.2 Å². The fourth-order valence-corrected chi connectivity index (χ4v) is 3.31. The number of likely N-dealkylation sites (tertiary alicyclic amines) is 1. The molecule has 1 aliphatic heterocycles. The summed E-state index contributed by atoms with van der Waals surface area (Å²) < 4.78 is 0. The summed E-state index contributed by atoms with van der Waals surface area (Å²) in [5.41, 5.74) is 2.55. The monoisotopic (exact) mass is 458 g/mol. The molecule has 1 aliphatic rings. The van der Waals surface area contributed by atoms with Crippen LogP contribution in [0.1, 0.15) is 44.2 Å². The van der Waals surface area contributed by atoms with E-state index < -0.39 is 0 Å². The van der Waals surface area contributed by atoms with Crippen LogP contribution in [-0.4, -0.2) is 43.6 Å². The second kappa shape index (κ2) is 12.5. The summed E-state index contributed by atoms with van der Waals surface area (Å²) >= 11 is 0. The lowest BCUT2D eigenvalue weighted by Crippen LogP contribution is -2.39. The smallest absolute Gasteiger partial charge is 0.191 e. The van der Waals surface area contributed by atoms with Crippen molar-refractivity contribution < 1.29 is 0 Å². The first kappa shape index (κ1) is 22.2. The first-order valence-corrected chi connectivity index (χ1v) is 9.51. The summed E-state index contributed by atoms with van der Waals surface area (Å²) in [5, 5.41) is 6.86. The molecule has 0 unspecified atom stereocenters. The largest absolute Gasteiger partial charge is 0.357 e. The van der Waals surface area contributed by atoms with Gasteiger partial charge in [-0.15, -0.1) is 24.0 Å². The summed E-state index contributed by atoms with van der Waals surface area (Å²) in [4.78, 5) is 7.27. The molecule has 1 aromatic carbocycles. The van der Waals surface area contributed by atoms with Gasteiger partial charge in [0.15, 0.2) is 5.96 Å². The van der Waals surface area contributed by atoms with E-state index in [4.69, 9.17) is 4.99 Å². The number of nitrogens with zero attached hydrogens (tertiary/aromatic N) is 2. The number of piperidine rings is 1. The Bertz CT molecular complexity index is 510. The molecule has 1 fully saturated rings. The van der Waals surface area contributed by atoms with Gasteiger partial charge in [-0.25, -0.2) is 4.99 Å². The molecule has 0 bridgehead atoms. The number of rotatable bonds is 7. The number of aryl methyl sites for hydroxylation is 1. The van der Waals surface area contributed by atoms with Crippen molar-refractivity contribution in [3.05, 3.63) is 35.4 Å². The van der Waals surface area contributed by atoms with Gasteiger partial charge in [0, 0.05) is 13.1 Å². The zero-order valence-electron chi connectivity index (χ0n) is 16.1. The fraction of sp³-hybridized carbons (Fsp3) is 0.650. The highest BCUT2D eigenvalue weighted by atomic mass is 127. The van der Waals surface area contributed by atoms with Crippen molar-refractivity contribution in [2.45, 2.75) is 46.6 Å². The van der Waals surface area contributed by atoms with E-state index in [2.05, 4.69) is 60.6 Å². The maximum Gasteiger partial charge on any atom is 0.191 e. The van der Waals surface area contributed by atoms with Crippen LogP contribution < -0.4 is 10.6 Å². The molecule has 1 heterocycles. The molecule has 2 N–H and O–H groups in total. The molecule has 0 spiro atoms. The SMILES string of the molecule is CCNC(=NCc1cccc(C)c1)NCCC1CCN(CC)CC1.I. The van der Waals surface area contributed by atoms with Crippen LogP contribution in [-0.2, 0) is 6.54 Å². The third-order valence-electron chi connectivity index (χ3n) is 4.85. The number of halogens is 1. The zero-order valence-corrected chi connectivity index (χ0v) is 18.4. The van der Waals surface area contributed by atoms with Crippen molar-refractivity contribution in [3.63, 3.8) is 0 Å².